The number of nitrogens with one attached hydrogen (secondary N) is 1. The van der Waals surface area contributed by atoms with Gasteiger partial charge in [-0.1, -0.05) is 0 Å². The molecule has 0 aliphatic rings. The molecule has 1 rings (SSSR count). The molecule has 1 aromatic heterocycles. The molecule has 0 aliphatic carbocycles. The molecular weight excluding hydrogens is 216 g/mol. The lowest BCUT2D eigenvalue weighted by Gasteiger charge is -2.15. The summed E-state index contributed by atoms with van der Waals surface area (Å²) in [6.07, 6.45) is 4.60. The summed E-state index contributed by atoms with van der Waals surface area (Å²) in [5.41, 5.74) is 1.23. The van der Waals surface area contributed by atoms with E-state index in [4.69, 9.17) is 9.15 Å². The third kappa shape index (κ3) is 7.15. The highest BCUT2D eigenvalue weighted by molar-refractivity contribution is 5.04. The SMILES string of the molecule is CCOCCCNCCN(C)Cc1ccoc1. The number of hydrogen-bond acceptors (Lipinski definition) is 4. The maximum atomic E-state index is 5.27. The van der Waals surface area contributed by atoms with Crippen LogP contribution in [0.1, 0.15) is 18.9 Å². The van der Waals surface area contributed by atoms with Gasteiger partial charge in [0.25, 0.3) is 0 Å². The van der Waals surface area contributed by atoms with Gasteiger partial charge in [-0.05, 0) is 33.0 Å². The summed E-state index contributed by atoms with van der Waals surface area (Å²) in [7, 11) is 2.12. The van der Waals surface area contributed by atoms with E-state index in [9.17, 15) is 0 Å². The Kier molecular flexibility index (Phi) is 7.71. The van der Waals surface area contributed by atoms with Crippen LogP contribution in [0.2, 0.25) is 0 Å². The largest absolute Gasteiger partial charge is 0.472 e. The van der Waals surface area contributed by atoms with Gasteiger partial charge in [0, 0.05) is 38.4 Å². The lowest BCUT2D eigenvalue weighted by molar-refractivity contribution is 0.144. The zero-order valence-electron chi connectivity index (χ0n) is 10.9. The number of hydrogen-bond donors (Lipinski definition) is 1. The fourth-order valence-electron chi connectivity index (χ4n) is 1.61. The molecule has 0 unspecified atom stereocenters. The molecule has 0 fully saturated rings. The molecule has 0 spiro atoms. The second-order valence-corrected chi connectivity index (χ2v) is 4.17. The average molecular weight is 240 g/mol. The summed E-state index contributed by atoms with van der Waals surface area (Å²) in [5.74, 6) is 0. The second kappa shape index (κ2) is 9.22. The van der Waals surface area contributed by atoms with Crippen molar-refractivity contribution in [1.82, 2.24) is 10.2 Å². The number of nitrogens with zero attached hydrogens (tertiary/aromatic N) is 1. The van der Waals surface area contributed by atoms with Gasteiger partial charge in [-0.3, -0.25) is 0 Å². The van der Waals surface area contributed by atoms with Crippen LogP contribution in [0.4, 0.5) is 0 Å². The zero-order chi connectivity index (χ0) is 12.3. The second-order valence-electron chi connectivity index (χ2n) is 4.17. The van der Waals surface area contributed by atoms with Gasteiger partial charge >= 0.3 is 0 Å². The summed E-state index contributed by atoms with van der Waals surface area (Å²) < 4.78 is 10.3. The van der Waals surface area contributed by atoms with Gasteiger partial charge in [0.2, 0.25) is 0 Å². The molecule has 0 aromatic carbocycles. The van der Waals surface area contributed by atoms with Gasteiger partial charge in [0.05, 0.1) is 12.5 Å². The molecular formula is C13H24N2O2. The summed E-state index contributed by atoms with van der Waals surface area (Å²) in [6.45, 7) is 7.72. The number of furan rings is 1. The van der Waals surface area contributed by atoms with Crippen molar-refractivity contribution in [2.45, 2.75) is 19.9 Å². The first-order chi connectivity index (χ1) is 8.33. The van der Waals surface area contributed by atoms with Crippen LogP contribution in [-0.4, -0.2) is 44.8 Å². The first-order valence-electron chi connectivity index (χ1n) is 6.31. The van der Waals surface area contributed by atoms with Crippen molar-refractivity contribution in [3.63, 3.8) is 0 Å². The summed E-state index contributed by atoms with van der Waals surface area (Å²) in [4.78, 5) is 2.28. The maximum absolute atomic E-state index is 5.27. The lowest BCUT2D eigenvalue weighted by Crippen LogP contribution is -2.29. The van der Waals surface area contributed by atoms with Crippen LogP contribution in [0, 0.1) is 0 Å². The highest BCUT2D eigenvalue weighted by Crippen LogP contribution is 2.02. The first kappa shape index (κ1) is 14.2. The van der Waals surface area contributed by atoms with E-state index in [0.29, 0.717) is 0 Å². The number of likely N-dealkylation sites (N-methyl/N-ethyl adjacent to an activating group) is 1. The predicted molar refractivity (Wildman–Crippen MR) is 69.0 cm³/mol. The Morgan fingerprint density at radius 1 is 1.41 bits per heavy atom. The van der Waals surface area contributed by atoms with Crippen molar-refractivity contribution in [2.75, 3.05) is 39.9 Å². The van der Waals surface area contributed by atoms with Gasteiger partial charge in [-0.2, -0.15) is 0 Å². The van der Waals surface area contributed by atoms with Gasteiger partial charge < -0.3 is 19.4 Å². The van der Waals surface area contributed by atoms with Crippen molar-refractivity contribution >= 4 is 0 Å². The van der Waals surface area contributed by atoms with E-state index in [1.165, 1.54) is 5.56 Å². The summed E-state index contributed by atoms with van der Waals surface area (Å²) >= 11 is 0. The molecule has 0 amide bonds. The third-order valence-electron chi connectivity index (χ3n) is 2.55. The summed E-state index contributed by atoms with van der Waals surface area (Å²) in [5, 5.41) is 3.41. The zero-order valence-corrected chi connectivity index (χ0v) is 10.9. The molecule has 1 N–H and O–H groups in total. The lowest BCUT2D eigenvalue weighted by atomic mass is 10.3. The molecule has 4 nitrogen and oxygen atoms in total. The monoisotopic (exact) mass is 240 g/mol. The van der Waals surface area contributed by atoms with E-state index < -0.39 is 0 Å². The quantitative estimate of drug-likeness (QED) is 0.632. The van der Waals surface area contributed by atoms with Crippen molar-refractivity contribution in [2.24, 2.45) is 0 Å². The van der Waals surface area contributed by atoms with Crippen LogP contribution in [-0.2, 0) is 11.3 Å². The van der Waals surface area contributed by atoms with Crippen molar-refractivity contribution in [3.8, 4) is 0 Å². The van der Waals surface area contributed by atoms with Crippen LogP contribution >= 0.6 is 0 Å². The Morgan fingerprint density at radius 2 is 2.29 bits per heavy atom. The topological polar surface area (TPSA) is 37.6 Å². The highest BCUT2D eigenvalue weighted by atomic mass is 16.5. The van der Waals surface area contributed by atoms with Crippen molar-refractivity contribution < 1.29 is 9.15 Å². The normalized spacial score (nSPS) is 11.2. The van der Waals surface area contributed by atoms with Crippen LogP contribution in [0.25, 0.3) is 0 Å². The fraction of sp³-hybridized carbons (Fsp3) is 0.692. The Hall–Kier alpha value is -0.840. The minimum absolute atomic E-state index is 0.813. The van der Waals surface area contributed by atoms with E-state index in [2.05, 4.69) is 17.3 Å². The third-order valence-corrected chi connectivity index (χ3v) is 2.55. The van der Waals surface area contributed by atoms with E-state index in [1.807, 2.05) is 13.0 Å². The molecule has 98 valence electrons. The van der Waals surface area contributed by atoms with Gasteiger partial charge in [0.1, 0.15) is 0 Å². The molecule has 0 radical (unpaired) electrons. The Bertz CT molecular complexity index is 262. The van der Waals surface area contributed by atoms with Crippen molar-refractivity contribution in [3.05, 3.63) is 24.2 Å². The predicted octanol–water partition coefficient (Wildman–Crippen LogP) is 1.73. The van der Waals surface area contributed by atoms with E-state index >= 15 is 0 Å². The fourth-order valence-corrected chi connectivity index (χ4v) is 1.61. The smallest absolute Gasteiger partial charge is 0.0947 e. The van der Waals surface area contributed by atoms with E-state index in [-0.39, 0.29) is 0 Å². The van der Waals surface area contributed by atoms with Gasteiger partial charge in [-0.15, -0.1) is 0 Å². The van der Waals surface area contributed by atoms with Crippen LogP contribution in [0.5, 0.6) is 0 Å². The average Bonchev–Trinajstić information content (AvgIpc) is 2.80. The molecule has 0 saturated carbocycles. The van der Waals surface area contributed by atoms with Gasteiger partial charge in [-0.25, -0.2) is 0 Å². The molecule has 0 bridgehead atoms. The molecule has 0 atom stereocenters. The highest BCUT2D eigenvalue weighted by Gasteiger charge is 2.00. The van der Waals surface area contributed by atoms with Crippen molar-refractivity contribution in [1.29, 1.82) is 0 Å². The number of ether oxygens (including phenoxy) is 1. The molecule has 0 aliphatic heterocycles. The van der Waals surface area contributed by atoms with E-state index in [0.717, 1.165) is 45.8 Å². The minimum Gasteiger partial charge on any atom is -0.472 e. The number of rotatable bonds is 10. The first-order valence-corrected chi connectivity index (χ1v) is 6.31. The minimum atomic E-state index is 0.813. The summed E-state index contributed by atoms with van der Waals surface area (Å²) in [6, 6.07) is 2.01. The van der Waals surface area contributed by atoms with Crippen LogP contribution < -0.4 is 5.32 Å². The van der Waals surface area contributed by atoms with Crippen LogP contribution in [0.3, 0.4) is 0 Å². The molecule has 0 saturated heterocycles. The molecule has 1 heterocycles. The maximum Gasteiger partial charge on any atom is 0.0947 e. The Balaban J connectivity index is 1.92. The van der Waals surface area contributed by atoms with Crippen LogP contribution in [0.15, 0.2) is 23.0 Å². The molecule has 17 heavy (non-hydrogen) atoms. The standard InChI is InChI=1S/C13H24N2O2/c1-3-16-9-4-6-14-7-8-15(2)11-13-5-10-17-12-13/h5,10,12,14H,3-4,6-9,11H2,1-2H3. The molecule has 1 aromatic rings. The Labute approximate surface area is 104 Å². The van der Waals surface area contributed by atoms with Gasteiger partial charge in [0.15, 0.2) is 0 Å². The van der Waals surface area contributed by atoms with E-state index in [1.54, 1.807) is 12.5 Å². The molecule has 4 heteroatoms. The Morgan fingerprint density at radius 3 is 3.00 bits per heavy atom.